The highest BCUT2D eigenvalue weighted by molar-refractivity contribution is 5.94. The minimum Gasteiger partial charge on any atom is -0.488 e. The van der Waals surface area contributed by atoms with Crippen molar-refractivity contribution in [2.75, 3.05) is 20.7 Å². The van der Waals surface area contributed by atoms with Crippen LogP contribution >= 0.6 is 0 Å². The Balaban J connectivity index is 2.10. The van der Waals surface area contributed by atoms with Crippen LogP contribution in [0, 0.1) is 0 Å². The highest BCUT2D eigenvalue weighted by Gasteiger charge is 2.27. The molecule has 0 fully saturated rings. The van der Waals surface area contributed by atoms with Crippen LogP contribution in [-0.2, 0) is 4.74 Å². The van der Waals surface area contributed by atoms with E-state index in [1.54, 1.807) is 0 Å². The summed E-state index contributed by atoms with van der Waals surface area (Å²) in [6, 6.07) is 8.03. The first-order chi connectivity index (χ1) is 10.3. The Morgan fingerprint density at radius 3 is 2.77 bits per heavy atom. The molecule has 2 rings (SSSR count). The number of nitrogens with one attached hydrogen (secondary N) is 1. The van der Waals surface area contributed by atoms with Gasteiger partial charge in [0.2, 0.25) is 5.96 Å². The largest absolute Gasteiger partial charge is 0.488 e. The van der Waals surface area contributed by atoms with Crippen LogP contribution in [0.4, 0.5) is 4.79 Å². The van der Waals surface area contributed by atoms with E-state index in [0.29, 0.717) is 12.5 Å². The second-order valence-corrected chi connectivity index (χ2v) is 6.19. The van der Waals surface area contributed by atoms with E-state index in [2.05, 4.69) is 15.0 Å². The number of hydrogen-bond acceptors (Lipinski definition) is 5. The molecule has 0 spiro atoms. The molecule has 22 heavy (non-hydrogen) atoms. The normalized spacial score (nSPS) is 18.0. The zero-order valence-corrected chi connectivity index (χ0v) is 13.7. The van der Waals surface area contributed by atoms with Crippen LogP contribution in [0.3, 0.4) is 0 Å². The van der Waals surface area contributed by atoms with Crippen LogP contribution in [-0.4, -0.2) is 43.3 Å². The maximum absolute atomic E-state index is 11.3. The predicted molar refractivity (Wildman–Crippen MR) is 85.2 cm³/mol. The number of ether oxygens (including phenoxy) is 2. The van der Waals surface area contributed by atoms with Crippen LogP contribution in [0.15, 0.2) is 29.3 Å². The number of guanidine groups is 1. The molecule has 0 aliphatic carbocycles. The lowest BCUT2D eigenvalue weighted by Gasteiger charge is -2.25. The highest BCUT2D eigenvalue weighted by atomic mass is 16.5. The Kier molecular flexibility index (Phi) is 4.59. The number of carbonyl (C=O) groups is 1. The summed E-state index contributed by atoms with van der Waals surface area (Å²) in [6.45, 7) is 6.63. The van der Waals surface area contributed by atoms with Crippen molar-refractivity contribution in [3.05, 3.63) is 29.8 Å². The van der Waals surface area contributed by atoms with E-state index in [9.17, 15) is 4.79 Å². The van der Waals surface area contributed by atoms with E-state index in [1.165, 1.54) is 7.11 Å². The van der Waals surface area contributed by atoms with Crippen LogP contribution in [0.5, 0.6) is 5.75 Å². The van der Waals surface area contributed by atoms with Gasteiger partial charge in [-0.25, -0.2) is 4.79 Å². The summed E-state index contributed by atoms with van der Waals surface area (Å²) >= 11 is 0. The van der Waals surface area contributed by atoms with Crippen molar-refractivity contribution in [3.8, 4) is 5.75 Å². The third kappa shape index (κ3) is 3.90. The number of benzene rings is 1. The average Bonchev–Trinajstić information content (AvgIpc) is 2.78. The van der Waals surface area contributed by atoms with Gasteiger partial charge in [-0.3, -0.25) is 10.3 Å². The quantitative estimate of drug-likeness (QED) is 0.912. The van der Waals surface area contributed by atoms with E-state index in [0.717, 1.165) is 11.3 Å². The van der Waals surface area contributed by atoms with Crippen molar-refractivity contribution in [2.24, 2.45) is 4.99 Å². The van der Waals surface area contributed by atoms with Crippen molar-refractivity contribution in [1.82, 2.24) is 10.2 Å². The molecular weight excluding hydrogens is 282 g/mol. The van der Waals surface area contributed by atoms with Crippen LogP contribution < -0.4 is 10.1 Å². The molecule has 1 aromatic carbocycles. The Bertz CT molecular complexity index is 578. The molecule has 0 aromatic heterocycles. The van der Waals surface area contributed by atoms with Gasteiger partial charge < -0.3 is 14.4 Å². The van der Waals surface area contributed by atoms with Gasteiger partial charge in [0, 0.05) is 7.05 Å². The molecule has 1 aliphatic rings. The molecule has 1 N–H and O–H groups in total. The van der Waals surface area contributed by atoms with Gasteiger partial charge >= 0.3 is 6.09 Å². The maximum atomic E-state index is 11.3. The standard InChI is InChI=1S/C16H23N3O3/c1-16(2,3)22-12-8-6-7-11(9-12)13-10-17-14(19(13)4)18-15(20)21-5/h6-9,13H,10H2,1-5H3,(H,17,18,20). The second-order valence-electron chi connectivity index (χ2n) is 6.19. The predicted octanol–water partition coefficient (Wildman–Crippen LogP) is 2.56. The maximum Gasteiger partial charge on any atom is 0.413 e. The number of amides is 1. The highest BCUT2D eigenvalue weighted by Crippen LogP contribution is 2.28. The lowest BCUT2D eigenvalue weighted by atomic mass is 10.1. The van der Waals surface area contributed by atoms with Gasteiger partial charge in [-0.1, -0.05) is 12.1 Å². The number of rotatable bonds is 2. The molecule has 1 amide bonds. The Labute approximate surface area is 131 Å². The molecule has 1 aliphatic heterocycles. The SMILES string of the molecule is COC(=O)NC1=NCC(c2cccc(OC(C)(C)C)c2)N1C. The molecule has 6 heteroatoms. The van der Waals surface area contributed by atoms with Crippen molar-refractivity contribution in [2.45, 2.75) is 32.4 Å². The summed E-state index contributed by atoms with van der Waals surface area (Å²) in [5.41, 5.74) is 0.851. The minimum atomic E-state index is -0.518. The van der Waals surface area contributed by atoms with E-state index < -0.39 is 6.09 Å². The molecule has 0 saturated heterocycles. The molecule has 1 atom stereocenters. The monoisotopic (exact) mass is 305 g/mol. The summed E-state index contributed by atoms with van der Waals surface area (Å²) in [5.74, 6) is 1.34. The van der Waals surface area contributed by atoms with Gasteiger partial charge in [0.1, 0.15) is 11.4 Å². The topological polar surface area (TPSA) is 63.2 Å². The lowest BCUT2D eigenvalue weighted by Crippen LogP contribution is -2.40. The summed E-state index contributed by atoms with van der Waals surface area (Å²) < 4.78 is 10.5. The zero-order valence-electron chi connectivity index (χ0n) is 13.7. The number of hydrogen-bond donors (Lipinski definition) is 1. The number of methoxy groups -OCH3 is 1. The van der Waals surface area contributed by atoms with Crippen molar-refractivity contribution in [3.63, 3.8) is 0 Å². The van der Waals surface area contributed by atoms with Gasteiger partial charge in [-0.15, -0.1) is 0 Å². The van der Waals surface area contributed by atoms with E-state index >= 15 is 0 Å². The van der Waals surface area contributed by atoms with Crippen molar-refractivity contribution < 1.29 is 14.3 Å². The number of aliphatic imine (C=N–C) groups is 1. The van der Waals surface area contributed by atoms with Crippen LogP contribution in [0.1, 0.15) is 32.4 Å². The Morgan fingerprint density at radius 2 is 2.14 bits per heavy atom. The van der Waals surface area contributed by atoms with Crippen molar-refractivity contribution in [1.29, 1.82) is 0 Å². The third-order valence-electron chi connectivity index (χ3n) is 3.28. The third-order valence-corrected chi connectivity index (χ3v) is 3.28. The summed E-state index contributed by atoms with van der Waals surface area (Å²) in [7, 11) is 3.22. The molecule has 1 heterocycles. The smallest absolute Gasteiger partial charge is 0.413 e. The first-order valence-electron chi connectivity index (χ1n) is 7.21. The number of nitrogens with zero attached hydrogens (tertiary/aromatic N) is 2. The van der Waals surface area contributed by atoms with Gasteiger partial charge in [-0.2, -0.15) is 0 Å². The second kappa shape index (κ2) is 6.25. The molecule has 120 valence electrons. The molecule has 1 aromatic rings. The molecule has 0 bridgehead atoms. The van der Waals surface area contributed by atoms with Gasteiger partial charge in [0.15, 0.2) is 0 Å². The summed E-state index contributed by atoms with van der Waals surface area (Å²) in [6.07, 6.45) is -0.518. The van der Waals surface area contributed by atoms with Crippen LogP contribution in [0.2, 0.25) is 0 Å². The first-order valence-corrected chi connectivity index (χ1v) is 7.21. The molecule has 1 unspecified atom stereocenters. The van der Waals surface area contributed by atoms with E-state index in [1.807, 2.05) is 57.0 Å². The number of carbonyl (C=O) groups excluding carboxylic acids is 1. The lowest BCUT2D eigenvalue weighted by molar-refractivity contribution is 0.130. The summed E-state index contributed by atoms with van der Waals surface area (Å²) in [4.78, 5) is 17.6. The van der Waals surface area contributed by atoms with Gasteiger partial charge in [-0.05, 0) is 38.5 Å². The Hall–Kier alpha value is -2.24. The minimum absolute atomic E-state index is 0.0654. The fraction of sp³-hybridized carbons (Fsp3) is 0.500. The molecule has 0 radical (unpaired) electrons. The summed E-state index contributed by atoms with van der Waals surface area (Å²) in [5, 5.41) is 2.61. The van der Waals surface area contributed by atoms with Gasteiger partial charge in [0.05, 0.1) is 19.7 Å². The van der Waals surface area contributed by atoms with Crippen LogP contribution in [0.25, 0.3) is 0 Å². The number of alkyl carbamates (subject to hydrolysis) is 1. The van der Waals surface area contributed by atoms with Crippen molar-refractivity contribution >= 4 is 12.1 Å². The number of likely N-dealkylation sites (N-methyl/N-ethyl adjacent to an activating group) is 1. The molecular formula is C16H23N3O3. The van der Waals surface area contributed by atoms with E-state index in [-0.39, 0.29) is 11.6 Å². The Morgan fingerprint density at radius 1 is 1.41 bits per heavy atom. The first kappa shape index (κ1) is 16.1. The average molecular weight is 305 g/mol. The van der Waals surface area contributed by atoms with Gasteiger partial charge in [0.25, 0.3) is 0 Å². The molecule has 0 saturated carbocycles. The fourth-order valence-corrected chi connectivity index (χ4v) is 2.29. The van der Waals surface area contributed by atoms with E-state index in [4.69, 9.17) is 4.74 Å². The molecule has 6 nitrogen and oxygen atoms in total. The zero-order chi connectivity index (χ0) is 16.3. The fourth-order valence-electron chi connectivity index (χ4n) is 2.29.